The fraction of sp³-hybridized carbons (Fsp3) is 0.278. The lowest BCUT2D eigenvalue weighted by atomic mass is 10.1. The summed E-state index contributed by atoms with van der Waals surface area (Å²) in [6, 6.07) is 7.94. The molecule has 1 atom stereocenters. The van der Waals surface area contributed by atoms with E-state index in [1.165, 1.54) is 11.0 Å². The standard InChI is InChI=1S/C18H19FN6O3/c1-24-21-8-17(23-24)22-16-5-2-11(7-20-16)14-4-3-12(6-15(14)19)25-9-13(10-26)28-18(25)27/h2-7,13,21,26H,8-10H2,1H3,(H,20,22,23)/t13-/m1/s1. The van der Waals surface area contributed by atoms with Crippen molar-refractivity contribution in [2.75, 3.05) is 31.6 Å². The average Bonchev–Trinajstić information content (AvgIpc) is 3.27. The van der Waals surface area contributed by atoms with Crippen LogP contribution in [-0.2, 0) is 4.74 Å². The molecule has 3 heterocycles. The van der Waals surface area contributed by atoms with Crippen molar-refractivity contribution >= 4 is 23.4 Å². The third-order valence-electron chi connectivity index (χ3n) is 4.43. The summed E-state index contributed by atoms with van der Waals surface area (Å²) in [6.07, 6.45) is 0.352. The SMILES string of the molecule is CN1NCC(=Nc2ccc(-c3ccc(N4C[C@H](CO)OC4=O)cc3F)cn2)N1. The molecule has 4 rings (SSSR count). The van der Waals surface area contributed by atoms with Gasteiger partial charge in [-0.2, -0.15) is 5.12 Å². The number of aromatic nitrogens is 1. The molecule has 28 heavy (non-hydrogen) atoms. The Balaban J connectivity index is 1.52. The molecule has 1 aromatic carbocycles. The highest BCUT2D eigenvalue weighted by molar-refractivity contribution is 5.90. The number of amides is 1. The number of nitrogens with zero attached hydrogens (tertiary/aromatic N) is 4. The number of rotatable bonds is 4. The summed E-state index contributed by atoms with van der Waals surface area (Å²) in [6.45, 7) is 0.488. The minimum Gasteiger partial charge on any atom is -0.441 e. The number of hydrogen-bond acceptors (Lipinski definition) is 7. The molecule has 1 amide bonds. The molecule has 146 valence electrons. The number of aliphatic hydroxyl groups is 1. The molecular formula is C18H19FN6O3. The van der Waals surface area contributed by atoms with E-state index in [0.717, 1.165) is 5.84 Å². The van der Waals surface area contributed by atoms with Gasteiger partial charge in [-0.15, -0.1) is 0 Å². The molecular weight excluding hydrogens is 367 g/mol. The van der Waals surface area contributed by atoms with Gasteiger partial charge in [0, 0.05) is 24.4 Å². The first-order valence-electron chi connectivity index (χ1n) is 8.70. The molecule has 9 nitrogen and oxygen atoms in total. The zero-order valence-electron chi connectivity index (χ0n) is 15.1. The van der Waals surface area contributed by atoms with Crippen LogP contribution in [0.1, 0.15) is 0 Å². The normalized spacial score (nSPS) is 21.2. The molecule has 2 aromatic rings. The van der Waals surface area contributed by atoms with Crippen LogP contribution in [-0.4, -0.2) is 60.0 Å². The van der Waals surface area contributed by atoms with Crippen molar-refractivity contribution < 1.29 is 19.0 Å². The Labute approximate surface area is 160 Å². The van der Waals surface area contributed by atoms with Crippen LogP contribution in [0, 0.1) is 5.82 Å². The van der Waals surface area contributed by atoms with E-state index in [2.05, 4.69) is 20.8 Å². The minimum absolute atomic E-state index is 0.183. The number of nitrogens with one attached hydrogen (secondary N) is 2. The van der Waals surface area contributed by atoms with Crippen LogP contribution in [0.25, 0.3) is 11.1 Å². The van der Waals surface area contributed by atoms with Gasteiger partial charge in [0.25, 0.3) is 0 Å². The number of anilines is 1. The Morgan fingerprint density at radius 1 is 1.39 bits per heavy atom. The lowest BCUT2D eigenvalue weighted by molar-refractivity contribution is 0.0963. The van der Waals surface area contributed by atoms with E-state index in [4.69, 9.17) is 9.84 Å². The molecule has 0 saturated carbocycles. The summed E-state index contributed by atoms with van der Waals surface area (Å²) in [5.41, 5.74) is 7.39. The van der Waals surface area contributed by atoms with Crippen molar-refractivity contribution in [3.8, 4) is 11.1 Å². The van der Waals surface area contributed by atoms with E-state index in [1.54, 1.807) is 35.6 Å². The molecule has 2 aliphatic heterocycles. The number of carbonyl (C=O) groups excluding carboxylic acids is 1. The highest BCUT2D eigenvalue weighted by Crippen LogP contribution is 2.29. The van der Waals surface area contributed by atoms with Crippen LogP contribution in [0.2, 0.25) is 0 Å². The molecule has 2 saturated heterocycles. The van der Waals surface area contributed by atoms with Crippen molar-refractivity contribution in [3.63, 3.8) is 0 Å². The number of hydrogen-bond donors (Lipinski definition) is 3. The Morgan fingerprint density at radius 3 is 2.86 bits per heavy atom. The van der Waals surface area contributed by atoms with E-state index in [1.807, 2.05) is 7.05 Å². The lowest BCUT2D eigenvalue weighted by Gasteiger charge is -2.14. The molecule has 0 radical (unpaired) electrons. The van der Waals surface area contributed by atoms with E-state index < -0.39 is 18.0 Å². The number of carbonyl (C=O) groups is 1. The number of hydrazine groups is 2. The molecule has 10 heteroatoms. The monoisotopic (exact) mass is 386 g/mol. The Morgan fingerprint density at radius 2 is 2.25 bits per heavy atom. The Bertz CT molecular complexity index is 920. The zero-order valence-corrected chi connectivity index (χ0v) is 15.1. The maximum Gasteiger partial charge on any atom is 0.414 e. The van der Waals surface area contributed by atoms with Gasteiger partial charge in [-0.1, -0.05) is 0 Å². The number of pyridine rings is 1. The fourth-order valence-electron chi connectivity index (χ4n) is 3.01. The summed E-state index contributed by atoms with van der Waals surface area (Å²) < 4.78 is 19.6. The van der Waals surface area contributed by atoms with Crippen LogP contribution in [0.15, 0.2) is 41.5 Å². The van der Waals surface area contributed by atoms with Gasteiger partial charge >= 0.3 is 6.09 Å². The third-order valence-corrected chi connectivity index (χ3v) is 4.43. The van der Waals surface area contributed by atoms with Crippen molar-refractivity contribution in [1.29, 1.82) is 0 Å². The molecule has 0 aliphatic carbocycles. The number of amidine groups is 1. The maximum absolute atomic E-state index is 14.7. The predicted molar refractivity (Wildman–Crippen MR) is 100 cm³/mol. The first kappa shape index (κ1) is 18.3. The highest BCUT2D eigenvalue weighted by Gasteiger charge is 2.32. The van der Waals surface area contributed by atoms with Gasteiger partial charge in [0.05, 0.1) is 25.4 Å². The van der Waals surface area contributed by atoms with Crippen molar-refractivity contribution in [2.24, 2.45) is 4.99 Å². The third kappa shape index (κ3) is 3.65. The number of cyclic esters (lactones) is 1. The zero-order chi connectivity index (χ0) is 19.7. The highest BCUT2D eigenvalue weighted by atomic mass is 19.1. The molecule has 3 N–H and O–H groups in total. The van der Waals surface area contributed by atoms with Gasteiger partial charge in [0.1, 0.15) is 17.8 Å². The van der Waals surface area contributed by atoms with Gasteiger partial charge in [-0.3, -0.25) is 10.3 Å². The summed E-state index contributed by atoms with van der Waals surface area (Å²) in [5, 5.41) is 10.8. The Hall–Kier alpha value is -3.08. The fourth-order valence-corrected chi connectivity index (χ4v) is 3.01. The summed E-state index contributed by atoms with van der Waals surface area (Å²) in [5.74, 6) is 0.758. The van der Waals surface area contributed by atoms with Crippen molar-refractivity contribution in [3.05, 3.63) is 42.3 Å². The summed E-state index contributed by atoms with van der Waals surface area (Å²) >= 11 is 0. The van der Waals surface area contributed by atoms with Gasteiger partial charge in [-0.25, -0.2) is 24.6 Å². The second-order valence-corrected chi connectivity index (χ2v) is 6.43. The number of aliphatic imine (C=N–C) groups is 1. The van der Waals surface area contributed by atoms with Crippen LogP contribution in [0.5, 0.6) is 0 Å². The molecule has 2 fully saturated rings. The van der Waals surface area contributed by atoms with E-state index in [9.17, 15) is 9.18 Å². The largest absolute Gasteiger partial charge is 0.441 e. The molecule has 0 spiro atoms. The first-order valence-corrected chi connectivity index (χ1v) is 8.70. The van der Waals surface area contributed by atoms with Gasteiger partial charge < -0.3 is 9.84 Å². The number of ether oxygens (including phenoxy) is 1. The van der Waals surface area contributed by atoms with Crippen LogP contribution in [0.4, 0.5) is 20.7 Å². The molecule has 0 bridgehead atoms. The first-order chi connectivity index (χ1) is 13.5. The second kappa shape index (κ2) is 7.50. The topological polar surface area (TPSA) is 102 Å². The number of aliphatic hydroxyl groups excluding tert-OH is 1. The number of halogens is 1. The van der Waals surface area contributed by atoms with Crippen LogP contribution in [0.3, 0.4) is 0 Å². The van der Waals surface area contributed by atoms with Crippen LogP contribution >= 0.6 is 0 Å². The maximum atomic E-state index is 14.7. The average molecular weight is 386 g/mol. The number of benzene rings is 1. The molecule has 0 unspecified atom stereocenters. The van der Waals surface area contributed by atoms with Crippen LogP contribution < -0.4 is 15.8 Å². The minimum atomic E-state index is -0.600. The van der Waals surface area contributed by atoms with E-state index in [0.29, 0.717) is 29.2 Å². The van der Waals surface area contributed by atoms with Crippen molar-refractivity contribution in [2.45, 2.75) is 6.10 Å². The van der Waals surface area contributed by atoms with Gasteiger partial charge in [-0.05, 0) is 30.3 Å². The molecule has 2 aliphatic rings. The predicted octanol–water partition coefficient (Wildman–Crippen LogP) is 1.19. The Kier molecular flexibility index (Phi) is 4.90. The van der Waals surface area contributed by atoms with Crippen molar-refractivity contribution in [1.82, 2.24) is 21.0 Å². The molecule has 1 aromatic heterocycles. The van der Waals surface area contributed by atoms with E-state index in [-0.39, 0.29) is 13.2 Å². The smallest absolute Gasteiger partial charge is 0.414 e. The van der Waals surface area contributed by atoms with Gasteiger partial charge in [0.2, 0.25) is 0 Å². The summed E-state index contributed by atoms with van der Waals surface area (Å²) in [7, 11) is 1.83. The quantitative estimate of drug-likeness (QED) is 0.725. The second-order valence-electron chi connectivity index (χ2n) is 6.43. The van der Waals surface area contributed by atoms with E-state index >= 15 is 0 Å². The summed E-state index contributed by atoms with van der Waals surface area (Å²) in [4.78, 5) is 21.8. The lowest BCUT2D eigenvalue weighted by Crippen LogP contribution is -2.34. The van der Waals surface area contributed by atoms with Gasteiger partial charge in [0.15, 0.2) is 5.82 Å².